The van der Waals surface area contributed by atoms with Gasteiger partial charge in [0.05, 0.1) is 0 Å². The Hall–Kier alpha value is -1.40. The summed E-state index contributed by atoms with van der Waals surface area (Å²) >= 11 is 0. The Morgan fingerprint density at radius 1 is 1.20 bits per heavy atom. The first-order valence-corrected chi connectivity index (χ1v) is 5.47. The molecule has 0 aliphatic rings. The van der Waals surface area contributed by atoms with Gasteiger partial charge < -0.3 is 0 Å². The molecule has 0 nitrogen and oxygen atoms in total. The fourth-order valence-corrected chi connectivity index (χ4v) is 1.08. The van der Waals surface area contributed by atoms with E-state index in [9.17, 15) is 0 Å². The van der Waals surface area contributed by atoms with Crippen molar-refractivity contribution in [2.45, 2.75) is 33.6 Å². The summed E-state index contributed by atoms with van der Waals surface area (Å²) < 4.78 is 0. The molecule has 0 aromatic heterocycles. The van der Waals surface area contributed by atoms with E-state index in [1.807, 2.05) is 12.2 Å². The van der Waals surface area contributed by atoms with Gasteiger partial charge in [0.15, 0.2) is 0 Å². The smallest absolute Gasteiger partial charge is 0.0120 e. The third-order valence-electron chi connectivity index (χ3n) is 2.34. The second kappa shape index (κ2) is 9.17. The number of terminal acetylenes is 1. The van der Waals surface area contributed by atoms with Crippen LogP contribution in [0.15, 0.2) is 24.3 Å². The first kappa shape index (κ1) is 13.6. The molecule has 0 aliphatic carbocycles. The van der Waals surface area contributed by atoms with E-state index in [4.69, 9.17) is 6.42 Å². The minimum absolute atomic E-state index is 0.540. The molecule has 0 saturated heterocycles. The first-order valence-electron chi connectivity index (χ1n) is 5.47. The molecule has 80 valence electrons. The van der Waals surface area contributed by atoms with Crippen molar-refractivity contribution < 1.29 is 0 Å². The standard InChI is InChI=1S/C15H20/c1-5-7-9-11-13-15(4)14(3)12-10-8-6-2/h1,7,9,11,13-15H,6,12H2,2-4H3/b9-7+,13-11+. The number of hydrogen-bond acceptors (Lipinski definition) is 0. The summed E-state index contributed by atoms with van der Waals surface area (Å²) in [5, 5.41) is 0. The van der Waals surface area contributed by atoms with Crippen LogP contribution in [0, 0.1) is 36.0 Å². The van der Waals surface area contributed by atoms with Crippen LogP contribution in [0.5, 0.6) is 0 Å². The molecule has 0 aliphatic heterocycles. The van der Waals surface area contributed by atoms with Crippen molar-refractivity contribution in [3.63, 3.8) is 0 Å². The van der Waals surface area contributed by atoms with E-state index in [2.05, 4.69) is 44.6 Å². The van der Waals surface area contributed by atoms with Crippen LogP contribution in [-0.2, 0) is 0 Å². The average molecular weight is 200 g/mol. The van der Waals surface area contributed by atoms with Crippen LogP contribution in [0.2, 0.25) is 0 Å². The van der Waals surface area contributed by atoms with Gasteiger partial charge in [-0.25, -0.2) is 0 Å². The van der Waals surface area contributed by atoms with Crippen LogP contribution >= 0.6 is 0 Å². The van der Waals surface area contributed by atoms with Gasteiger partial charge in [-0.3, -0.25) is 0 Å². The van der Waals surface area contributed by atoms with Crippen LogP contribution in [0.1, 0.15) is 33.6 Å². The van der Waals surface area contributed by atoms with Gasteiger partial charge in [0.25, 0.3) is 0 Å². The molecule has 0 amide bonds. The van der Waals surface area contributed by atoms with Crippen LogP contribution in [0.25, 0.3) is 0 Å². The Bertz CT molecular complexity index is 301. The van der Waals surface area contributed by atoms with Crippen molar-refractivity contribution in [1.29, 1.82) is 0 Å². The molecule has 0 aromatic carbocycles. The van der Waals surface area contributed by atoms with Crippen molar-refractivity contribution >= 4 is 0 Å². The maximum atomic E-state index is 5.10. The number of rotatable bonds is 4. The predicted molar refractivity (Wildman–Crippen MR) is 68.1 cm³/mol. The van der Waals surface area contributed by atoms with Crippen LogP contribution in [0.4, 0.5) is 0 Å². The Morgan fingerprint density at radius 3 is 2.53 bits per heavy atom. The van der Waals surface area contributed by atoms with Gasteiger partial charge in [0.2, 0.25) is 0 Å². The Balaban J connectivity index is 3.99. The monoisotopic (exact) mass is 200 g/mol. The largest absolute Gasteiger partial charge is 0.115 e. The molecular formula is C15H20. The predicted octanol–water partition coefficient (Wildman–Crippen LogP) is 3.81. The molecule has 0 saturated carbocycles. The molecule has 0 aromatic rings. The average Bonchev–Trinajstić information content (AvgIpc) is 2.24. The molecule has 0 fully saturated rings. The molecule has 0 heteroatoms. The lowest BCUT2D eigenvalue weighted by atomic mass is 9.93. The molecule has 0 bridgehead atoms. The fraction of sp³-hybridized carbons (Fsp3) is 0.467. The van der Waals surface area contributed by atoms with Crippen molar-refractivity contribution in [1.82, 2.24) is 0 Å². The SMILES string of the molecule is C#C/C=C/C=C/C(C)C(C)CC#CCC. The summed E-state index contributed by atoms with van der Waals surface area (Å²) in [4.78, 5) is 0. The van der Waals surface area contributed by atoms with Gasteiger partial charge in [-0.05, 0) is 17.9 Å². The topological polar surface area (TPSA) is 0 Å². The second-order valence-electron chi connectivity index (χ2n) is 3.66. The Kier molecular flexibility index (Phi) is 8.31. The Morgan fingerprint density at radius 2 is 1.93 bits per heavy atom. The van der Waals surface area contributed by atoms with Crippen LogP contribution in [0.3, 0.4) is 0 Å². The highest BCUT2D eigenvalue weighted by molar-refractivity contribution is 5.16. The zero-order chi connectivity index (χ0) is 11.5. The minimum Gasteiger partial charge on any atom is -0.115 e. The minimum atomic E-state index is 0.540. The van der Waals surface area contributed by atoms with Crippen molar-refractivity contribution in [2.75, 3.05) is 0 Å². The van der Waals surface area contributed by atoms with Crippen molar-refractivity contribution in [3.8, 4) is 24.2 Å². The lowest BCUT2D eigenvalue weighted by Crippen LogP contribution is -2.03. The summed E-state index contributed by atoms with van der Waals surface area (Å²) in [6, 6.07) is 0. The maximum absolute atomic E-state index is 5.10. The quantitative estimate of drug-likeness (QED) is 0.478. The zero-order valence-corrected chi connectivity index (χ0v) is 9.96. The number of hydrogen-bond donors (Lipinski definition) is 0. The summed E-state index contributed by atoms with van der Waals surface area (Å²) in [5.74, 6) is 9.87. The molecule has 0 radical (unpaired) electrons. The lowest BCUT2D eigenvalue weighted by Gasteiger charge is -2.12. The van der Waals surface area contributed by atoms with Crippen molar-refractivity contribution in [3.05, 3.63) is 24.3 Å². The van der Waals surface area contributed by atoms with Gasteiger partial charge in [0, 0.05) is 12.8 Å². The zero-order valence-electron chi connectivity index (χ0n) is 9.96. The van der Waals surface area contributed by atoms with Crippen LogP contribution < -0.4 is 0 Å². The molecule has 15 heavy (non-hydrogen) atoms. The summed E-state index contributed by atoms with van der Waals surface area (Å²) in [6.07, 6.45) is 14.8. The first-order chi connectivity index (χ1) is 7.22. The molecule has 0 rings (SSSR count). The summed E-state index contributed by atoms with van der Waals surface area (Å²) in [7, 11) is 0. The Labute approximate surface area is 94.5 Å². The number of allylic oxidation sites excluding steroid dienone is 4. The fourth-order valence-electron chi connectivity index (χ4n) is 1.08. The van der Waals surface area contributed by atoms with Gasteiger partial charge in [0.1, 0.15) is 0 Å². The van der Waals surface area contributed by atoms with Gasteiger partial charge in [-0.1, -0.05) is 44.9 Å². The van der Waals surface area contributed by atoms with E-state index in [1.165, 1.54) is 0 Å². The molecule has 2 unspecified atom stereocenters. The highest BCUT2D eigenvalue weighted by Crippen LogP contribution is 2.15. The molecular weight excluding hydrogens is 180 g/mol. The van der Waals surface area contributed by atoms with Gasteiger partial charge >= 0.3 is 0 Å². The van der Waals surface area contributed by atoms with E-state index in [1.54, 1.807) is 6.08 Å². The van der Waals surface area contributed by atoms with Crippen molar-refractivity contribution in [2.24, 2.45) is 11.8 Å². The summed E-state index contributed by atoms with van der Waals surface area (Å²) in [5.41, 5.74) is 0. The third kappa shape index (κ3) is 7.65. The van der Waals surface area contributed by atoms with E-state index < -0.39 is 0 Å². The normalized spacial score (nSPS) is 14.5. The maximum Gasteiger partial charge on any atom is 0.0120 e. The van der Waals surface area contributed by atoms with E-state index in [0.717, 1.165) is 12.8 Å². The molecule has 2 atom stereocenters. The highest BCUT2D eigenvalue weighted by Gasteiger charge is 2.06. The lowest BCUT2D eigenvalue weighted by molar-refractivity contribution is 0.471. The second-order valence-corrected chi connectivity index (χ2v) is 3.66. The van der Waals surface area contributed by atoms with E-state index in [-0.39, 0.29) is 0 Å². The van der Waals surface area contributed by atoms with Crippen LogP contribution in [-0.4, -0.2) is 0 Å². The molecule has 0 N–H and O–H groups in total. The third-order valence-corrected chi connectivity index (χ3v) is 2.34. The van der Waals surface area contributed by atoms with Gasteiger partial charge in [-0.15, -0.1) is 18.3 Å². The highest BCUT2D eigenvalue weighted by atomic mass is 14.1. The van der Waals surface area contributed by atoms with E-state index in [0.29, 0.717) is 11.8 Å². The summed E-state index contributed by atoms with van der Waals surface area (Å²) in [6.45, 7) is 6.51. The molecule has 0 heterocycles. The van der Waals surface area contributed by atoms with Gasteiger partial charge in [-0.2, -0.15) is 0 Å². The van der Waals surface area contributed by atoms with E-state index >= 15 is 0 Å². The molecule has 0 spiro atoms.